The Balaban J connectivity index is 0.00000154. The first kappa shape index (κ1) is 17.4. The lowest BCUT2D eigenvalue weighted by Crippen LogP contribution is -2.16. The lowest BCUT2D eigenvalue weighted by Gasteiger charge is -2.17. The molecule has 108 valence electrons. The Morgan fingerprint density at radius 3 is 1.95 bits per heavy atom. The third kappa shape index (κ3) is 5.69. The average Bonchev–Trinajstić information content (AvgIpc) is 2.47. The normalized spacial score (nSPS) is 12.1. The van der Waals surface area contributed by atoms with Crippen LogP contribution in [0.5, 0.6) is 11.5 Å². The van der Waals surface area contributed by atoms with E-state index in [2.05, 4.69) is 25.2 Å². The van der Waals surface area contributed by atoms with Crippen LogP contribution < -0.4 is 14.8 Å². The standard InChI is InChI=1S/C14H21NO2.C2H6/c1-6-10(2)11(3)15-12-7-13(16-4)9-14(8-12)17-5;1-2/h6-9,11,15H,1-5H3;1-2H3/b10-6+;. The zero-order valence-corrected chi connectivity index (χ0v) is 13.2. The second-order valence-electron chi connectivity index (χ2n) is 4.00. The van der Waals surface area contributed by atoms with E-state index in [-0.39, 0.29) is 6.04 Å². The highest BCUT2D eigenvalue weighted by atomic mass is 16.5. The molecule has 0 aliphatic rings. The molecule has 3 heteroatoms. The minimum atomic E-state index is 0.289. The molecule has 1 aromatic rings. The number of nitrogens with one attached hydrogen (secondary N) is 1. The Morgan fingerprint density at radius 1 is 1.11 bits per heavy atom. The molecule has 1 rings (SSSR count). The molecule has 3 nitrogen and oxygen atoms in total. The molecule has 0 amide bonds. The van der Waals surface area contributed by atoms with Crippen molar-refractivity contribution >= 4 is 5.69 Å². The van der Waals surface area contributed by atoms with Gasteiger partial charge in [0.1, 0.15) is 11.5 Å². The molecule has 1 N–H and O–H groups in total. The topological polar surface area (TPSA) is 30.5 Å². The summed E-state index contributed by atoms with van der Waals surface area (Å²) in [5.41, 5.74) is 2.29. The fourth-order valence-electron chi connectivity index (χ4n) is 1.50. The molecule has 1 atom stereocenters. The van der Waals surface area contributed by atoms with Crippen molar-refractivity contribution in [1.82, 2.24) is 0 Å². The summed E-state index contributed by atoms with van der Waals surface area (Å²) in [6.45, 7) is 10.3. The van der Waals surface area contributed by atoms with Crippen LogP contribution in [0.15, 0.2) is 29.8 Å². The van der Waals surface area contributed by atoms with Crippen molar-refractivity contribution in [3.8, 4) is 11.5 Å². The van der Waals surface area contributed by atoms with Gasteiger partial charge in [0.05, 0.1) is 14.2 Å². The Morgan fingerprint density at radius 2 is 1.58 bits per heavy atom. The van der Waals surface area contributed by atoms with Gasteiger partial charge in [0.2, 0.25) is 0 Å². The van der Waals surface area contributed by atoms with Gasteiger partial charge in [0, 0.05) is 29.9 Å². The number of hydrogen-bond donors (Lipinski definition) is 1. The van der Waals surface area contributed by atoms with Crippen LogP contribution in [0, 0.1) is 0 Å². The minimum absolute atomic E-state index is 0.289. The van der Waals surface area contributed by atoms with Gasteiger partial charge >= 0.3 is 0 Å². The lowest BCUT2D eigenvalue weighted by atomic mass is 10.1. The number of methoxy groups -OCH3 is 2. The predicted octanol–water partition coefficient (Wildman–Crippen LogP) is 4.50. The maximum absolute atomic E-state index is 5.23. The van der Waals surface area contributed by atoms with Crippen molar-refractivity contribution in [1.29, 1.82) is 0 Å². The molecule has 0 spiro atoms. The SMILES string of the molecule is C/C=C(\C)C(C)Nc1cc(OC)cc(OC)c1.CC. The number of hydrogen-bond acceptors (Lipinski definition) is 3. The fourth-order valence-corrected chi connectivity index (χ4v) is 1.50. The van der Waals surface area contributed by atoms with Crippen LogP contribution in [0.3, 0.4) is 0 Å². The van der Waals surface area contributed by atoms with Gasteiger partial charge in [-0.1, -0.05) is 25.5 Å². The highest BCUT2D eigenvalue weighted by molar-refractivity contribution is 5.55. The summed E-state index contributed by atoms with van der Waals surface area (Å²) in [5, 5.41) is 3.41. The van der Waals surface area contributed by atoms with Gasteiger partial charge in [-0.2, -0.15) is 0 Å². The van der Waals surface area contributed by atoms with Gasteiger partial charge in [-0.05, 0) is 20.8 Å². The zero-order chi connectivity index (χ0) is 14.8. The number of ether oxygens (including phenoxy) is 2. The van der Waals surface area contributed by atoms with E-state index in [1.54, 1.807) is 14.2 Å². The van der Waals surface area contributed by atoms with Crippen molar-refractivity contribution in [2.24, 2.45) is 0 Å². The van der Waals surface area contributed by atoms with Crippen LogP contribution in [-0.4, -0.2) is 20.3 Å². The van der Waals surface area contributed by atoms with Crippen LogP contribution in [0.1, 0.15) is 34.6 Å². The Hall–Kier alpha value is -1.64. The maximum atomic E-state index is 5.23. The molecule has 19 heavy (non-hydrogen) atoms. The van der Waals surface area contributed by atoms with E-state index < -0.39 is 0 Å². The minimum Gasteiger partial charge on any atom is -0.497 e. The van der Waals surface area contributed by atoms with Crippen molar-refractivity contribution in [3.63, 3.8) is 0 Å². The quantitative estimate of drug-likeness (QED) is 0.795. The Labute approximate surface area is 117 Å². The molecule has 0 aromatic heterocycles. The van der Waals surface area contributed by atoms with Crippen LogP contribution in [0.25, 0.3) is 0 Å². The zero-order valence-electron chi connectivity index (χ0n) is 13.2. The highest BCUT2D eigenvalue weighted by Crippen LogP contribution is 2.26. The molecule has 0 saturated heterocycles. The first-order valence-electron chi connectivity index (χ1n) is 6.73. The predicted molar refractivity (Wildman–Crippen MR) is 83.4 cm³/mol. The van der Waals surface area contributed by atoms with E-state index in [4.69, 9.17) is 9.47 Å². The van der Waals surface area contributed by atoms with E-state index in [1.807, 2.05) is 39.0 Å². The van der Waals surface area contributed by atoms with Crippen molar-refractivity contribution in [3.05, 3.63) is 29.8 Å². The molecule has 0 radical (unpaired) electrons. The number of anilines is 1. The van der Waals surface area contributed by atoms with Gasteiger partial charge < -0.3 is 14.8 Å². The van der Waals surface area contributed by atoms with E-state index in [0.717, 1.165) is 17.2 Å². The smallest absolute Gasteiger partial charge is 0.124 e. The second kappa shape index (κ2) is 9.31. The van der Waals surface area contributed by atoms with Crippen LogP contribution in [-0.2, 0) is 0 Å². The molecule has 0 aliphatic heterocycles. The number of allylic oxidation sites excluding steroid dienone is 1. The van der Waals surface area contributed by atoms with Gasteiger partial charge in [0.25, 0.3) is 0 Å². The molecule has 0 bridgehead atoms. The summed E-state index contributed by atoms with van der Waals surface area (Å²) >= 11 is 0. The van der Waals surface area contributed by atoms with Crippen LogP contribution in [0.4, 0.5) is 5.69 Å². The third-order valence-corrected chi connectivity index (χ3v) is 2.87. The highest BCUT2D eigenvalue weighted by Gasteiger charge is 2.06. The Bertz CT molecular complexity index is 377. The monoisotopic (exact) mass is 265 g/mol. The van der Waals surface area contributed by atoms with Gasteiger partial charge in [0.15, 0.2) is 0 Å². The molecular formula is C16H27NO2. The maximum Gasteiger partial charge on any atom is 0.124 e. The van der Waals surface area contributed by atoms with E-state index in [1.165, 1.54) is 5.57 Å². The number of rotatable bonds is 5. The molecule has 0 fully saturated rings. The fraction of sp³-hybridized carbons (Fsp3) is 0.500. The first-order valence-corrected chi connectivity index (χ1v) is 6.73. The van der Waals surface area contributed by atoms with Crippen LogP contribution >= 0.6 is 0 Å². The molecule has 0 saturated carbocycles. The largest absolute Gasteiger partial charge is 0.497 e. The van der Waals surface area contributed by atoms with Gasteiger partial charge in [-0.3, -0.25) is 0 Å². The summed E-state index contributed by atoms with van der Waals surface area (Å²) in [6, 6.07) is 6.07. The van der Waals surface area contributed by atoms with Crippen molar-refractivity contribution < 1.29 is 9.47 Å². The molecule has 1 unspecified atom stereocenters. The average molecular weight is 265 g/mol. The molecule has 1 aromatic carbocycles. The summed E-state index contributed by atoms with van der Waals surface area (Å²) in [6.07, 6.45) is 2.11. The van der Waals surface area contributed by atoms with Crippen LogP contribution in [0.2, 0.25) is 0 Å². The summed E-state index contributed by atoms with van der Waals surface area (Å²) in [5.74, 6) is 1.58. The van der Waals surface area contributed by atoms with Crippen molar-refractivity contribution in [2.75, 3.05) is 19.5 Å². The summed E-state index contributed by atoms with van der Waals surface area (Å²) in [4.78, 5) is 0. The van der Waals surface area contributed by atoms with Gasteiger partial charge in [-0.15, -0.1) is 0 Å². The lowest BCUT2D eigenvalue weighted by molar-refractivity contribution is 0.394. The first-order chi connectivity index (χ1) is 9.10. The molecule has 0 heterocycles. The summed E-state index contributed by atoms with van der Waals surface area (Å²) in [7, 11) is 3.30. The molecule has 0 aliphatic carbocycles. The summed E-state index contributed by atoms with van der Waals surface area (Å²) < 4.78 is 10.5. The Kier molecular flexibility index (Phi) is 8.51. The second-order valence-corrected chi connectivity index (χ2v) is 4.00. The molecular weight excluding hydrogens is 238 g/mol. The van der Waals surface area contributed by atoms with E-state index >= 15 is 0 Å². The number of benzene rings is 1. The van der Waals surface area contributed by atoms with E-state index in [9.17, 15) is 0 Å². The van der Waals surface area contributed by atoms with Crippen molar-refractivity contribution in [2.45, 2.75) is 40.7 Å². The third-order valence-electron chi connectivity index (χ3n) is 2.87. The van der Waals surface area contributed by atoms with Gasteiger partial charge in [-0.25, -0.2) is 0 Å². The van der Waals surface area contributed by atoms with E-state index in [0.29, 0.717) is 0 Å².